The Balaban J connectivity index is 2.50. The minimum Gasteiger partial charge on any atom is -0.278 e. The van der Waals surface area contributed by atoms with E-state index < -0.39 is 31.7 Å². The number of nitrogens with one attached hydrogen (secondary N) is 1. The number of nitriles is 1. The zero-order valence-corrected chi connectivity index (χ0v) is 13.9. The summed E-state index contributed by atoms with van der Waals surface area (Å²) in [5.41, 5.74) is -1.46. The molecule has 2 aromatic rings. The quantitative estimate of drug-likeness (QED) is 0.820. The lowest BCUT2D eigenvalue weighted by atomic mass is 10.2. The number of rotatable bonds is 3. The van der Waals surface area contributed by atoms with Crippen LogP contribution in [0.1, 0.15) is 11.1 Å². The summed E-state index contributed by atoms with van der Waals surface area (Å²) in [5.74, 6) is 0. The highest BCUT2D eigenvalue weighted by molar-refractivity contribution is 7.92. The number of halogens is 5. The summed E-state index contributed by atoms with van der Waals surface area (Å²) in [4.78, 5) is -0.650. The van der Waals surface area contributed by atoms with Gasteiger partial charge in [-0.3, -0.25) is 4.72 Å². The molecule has 0 fully saturated rings. The first kappa shape index (κ1) is 18.4. The molecule has 126 valence electrons. The first-order valence-corrected chi connectivity index (χ1v) is 8.38. The molecule has 0 spiro atoms. The summed E-state index contributed by atoms with van der Waals surface area (Å²) >= 11 is 11.2. The topological polar surface area (TPSA) is 70.0 Å². The summed E-state index contributed by atoms with van der Waals surface area (Å²) in [6.45, 7) is 0. The third-order valence-electron chi connectivity index (χ3n) is 2.90. The van der Waals surface area contributed by atoms with E-state index in [1.54, 1.807) is 6.07 Å². The van der Waals surface area contributed by atoms with Crippen molar-refractivity contribution in [1.29, 1.82) is 5.26 Å². The Morgan fingerprint density at radius 3 is 2.33 bits per heavy atom. The Kier molecular flexibility index (Phi) is 4.99. The van der Waals surface area contributed by atoms with Gasteiger partial charge in [0.2, 0.25) is 0 Å². The molecule has 0 atom stereocenters. The molecule has 4 nitrogen and oxygen atoms in total. The summed E-state index contributed by atoms with van der Waals surface area (Å²) in [6.07, 6.45) is -4.81. The first-order valence-electron chi connectivity index (χ1n) is 6.14. The van der Waals surface area contributed by atoms with Gasteiger partial charge < -0.3 is 0 Å². The molecule has 0 aliphatic heterocycles. The third kappa shape index (κ3) is 3.93. The van der Waals surface area contributed by atoms with E-state index in [4.69, 9.17) is 28.5 Å². The van der Waals surface area contributed by atoms with E-state index in [-0.39, 0.29) is 16.3 Å². The van der Waals surface area contributed by atoms with Gasteiger partial charge in [-0.2, -0.15) is 18.4 Å². The van der Waals surface area contributed by atoms with E-state index in [2.05, 4.69) is 0 Å². The number of sulfonamides is 1. The number of nitrogens with zero attached hydrogens (tertiary/aromatic N) is 1. The van der Waals surface area contributed by atoms with Crippen molar-refractivity contribution in [2.45, 2.75) is 11.1 Å². The van der Waals surface area contributed by atoms with Crippen LogP contribution in [-0.4, -0.2) is 8.42 Å². The molecular weight excluding hydrogens is 388 g/mol. The Labute approximate surface area is 145 Å². The van der Waals surface area contributed by atoms with Gasteiger partial charge in [0, 0.05) is 5.02 Å². The third-order valence-corrected chi connectivity index (χ3v) is 4.83. The van der Waals surface area contributed by atoms with Crippen molar-refractivity contribution in [3.05, 3.63) is 57.6 Å². The van der Waals surface area contributed by atoms with Crippen LogP contribution in [0.15, 0.2) is 41.3 Å². The zero-order valence-electron chi connectivity index (χ0n) is 11.5. The maximum absolute atomic E-state index is 12.9. The lowest BCUT2D eigenvalue weighted by Gasteiger charge is -2.13. The van der Waals surface area contributed by atoms with Gasteiger partial charge in [0.1, 0.15) is 6.07 Å². The van der Waals surface area contributed by atoms with Crippen LogP contribution in [-0.2, 0) is 16.2 Å². The number of hydrogen-bond donors (Lipinski definition) is 1. The van der Waals surface area contributed by atoms with Crippen molar-refractivity contribution in [2.75, 3.05) is 4.72 Å². The molecule has 0 radical (unpaired) electrons. The highest BCUT2D eigenvalue weighted by Crippen LogP contribution is 2.36. The van der Waals surface area contributed by atoms with E-state index in [1.807, 2.05) is 4.72 Å². The standard InChI is InChI=1S/C14H7Cl2F3N2O2S/c15-9-2-1-8(7-20)13(5-9)21-24(22,23)10-3-4-12(16)11(6-10)14(17,18)19/h1-6,21H. The van der Waals surface area contributed by atoms with Crippen LogP contribution in [0.3, 0.4) is 0 Å². The van der Waals surface area contributed by atoms with E-state index in [1.165, 1.54) is 18.2 Å². The van der Waals surface area contributed by atoms with Crippen LogP contribution in [0.25, 0.3) is 0 Å². The van der Waals surface area contributed by atoms with Gasteiger partial charge in [-0.15, -0.1) is 0 Å². The molecule has 0 unspecified atom stereocenters. The largest absolute Gasteiger partial charge is 0.417 e. The second kappa shape index (κ2) is 6.51. The second-order valence-corrected chi connectivity index (χ2v) is 7.07. The highest BCUT2D eigenvalue weighted by atomic mass is 35.5. The zero-order chi connectivity index (χ0) is 18.1. The number of benzene rings is 2. The van der Waals surface area contributed by atoms with Crippen LogP contribution in [0.4, 0.5) is 18.9 Å². The van der Waals surface area contributed by atoms with Gasteiger partial charge in [-0.25, -0.2) is 8.42 Å². The van der Waals surface area contributed by atoms with E-state index in [9.17, 15) is 21.6 Å². The molecule has 2 rings (SSSR count). The van der Waals surface area contributed by atoms with Crippen LogP contribution >= 0.6 is 23.2 Å². The van der Waals surface area contributed by atoms with Crippen LogP contribution < -0.4 is 4.72 Å². The van der Waals surface area contributed by atoms with Gasteiger partial charge in [-0.05, 0) is 36.4 Å². The van der Waals surface area contributed by atoms with Crippen molar-refractivity contribution in [1.82, 2.24) is 0 Å². The molecule has 10 heteroatoms. The SMILES string of the molecule is N#Cc1ccc(Cl)cc1NS(=O)(=O)c1ccc(Cl)c(C(F)(F)F)c1. The fraction of sp³-hybridized carbons (Fsp3) is 0.0714. The molecule has 0 aliphatic carbocycles. The molecule has 0 bridgehead atoms. The van der Waals surface area contributed by atoms with Gasteiger partial charge in [0.25, 0.3) is 10.0 Å². The lowest BCUT2D eigenvalue weighted by molar-refractivity contribution is -0.137. The van der Waals surface area contributed by atoms with Crippen LogP contribution in [0.5, 0.6) is 0 Å². The minimum atomic E-state index is -4.81. The summed E-state index contributed by atoms with van der Waals surface area (Å²) < 4.78 is 65.2. The molecule has 24 heavy (non-hydrogen) atoms. The predicted molar refractivity (Wildman–Crippen MR) is 83.4 cm³/mol. The maximum atomic E-state index is 12.9. The van der Waals surface area contributed by atoms with Crippen molar-refractivity contribution in [3.8, 4) is 6.07 Å². The normalized spacial score (nSPS) is 11.8. The van der Waals surface area contributed by atoms with Gasteiger partial charge in [-0.1, -0.05) is 23.2 Å². The number of hydrogen-bond acceptors (Lipinski definition) is 3. The van der Waals surface area contributed by atoms with Crippen molar-refractivity contribution < 1.29 is 21.6 Å². The van der Waals surface area contributed by atoms with Crippen LogP contribution in [0, 0.1) is 11.3 Å². The number of alkyl halides is 3. The Hall–Kier alpha value is -1.95. The maximum Gasteiger partial charge on any atom is 0.417 e. The Morgan fingerprint density at radius 2 is 1.75 bits per heavy atom. The second-order valence-electron chi connectivity index (χ2n) is 4.55. The van der Waals surface area contributed by atoms with Crippen molar-refractivity contribution in [3.63, 3.8) is 0 Å². The summed E-state index contributed by atoms with van der Waals surface area (Å²) in [5, 5.41) is 8.50. The van der Waals surface area contributed by atoms with E-state index in [0.717, 1.165) is 12.1 Å². The van der Waals surface area contributed by atoms with Crippen molar-refractivity contribution >= 4 is 38.9 Å². The van der Waals surface area contributed by atoms with Gasteiger partial charge >= 0.3 is 6.18 Å². The molecule has 0 aromatic heterocycles. The molecule has 0 amide bonds. The molecule has 0 saturated carbocycles. The first-order chi connectivity index (χ1) is 11.0. The average molecular weight is 395 g/mol. The molecular formula is C14H7Cl2F3N2O2S. The summed E-state index contributed by atoms with van der Waals surface area (Å²) in [6, 6.07) is 7.77. The molecule has 0 saturated heterocycles. The lowest BCUT2D eigenvalue weighted by Crippen LogP contribution is -2.15. The average Bonchev–Trinajstić information content (AvgIpc) is 2.46. The monoisotopic (exact) mass is 394 g/mol. The molecule has 0 aliphatic rings. The van der Waals surface area contributed by atoms with Gasteiger partial charge in [0.05, 0.1) is 26.7 Å². The van der Waals surface area contributed by atoms with E-state index >= 15 is 0 Å². The number of anilines is 1. The highest BCUT2D eigenvalue weighted by Gasteiger charge is 2.34. The Morgan fingerprint density at radius 1 is 1.08 bits per heavy atom. The molecule has 2 aromatic carbocycles. The Bertz CT molecular complexity index is 938. The minimum absolute atomic E-state index is 0.0343. The van der Waals surface area contributed by atoms with Crippen molar-refractivity contribution in [2.24, 2.45) is 0 Å². The molecule has 1 N–H and O–H groups in total. The van der Waals surface area contributed by atoms with E-state index in [0.29, 0.717) is 6.07 Å². The van der Waals surface area contributed by atoms with Crippen LogP contribution in [0.2, 0.25) is 10.0 Å². The molecule has 0 heterocycles. The predicted octanol–water partition coefficient (Wildman–Crippen LogP) is 4.68. The fourth-order valence-corrected chi connectivity index (χ4v) is 3.28. The fourth-order valence-electron chi connectivity index (χ4n) is 1.79. The smallest absolute Gasteiger partial charge is 0.278 e. The summed E-state index contributed by atoms with van der Waals surface area (Å²) in [7, 11) is -4.38. The van der Waals surface area contributed by atoms with Gasteiger partial charge in [0.15, 0.2) is 0 Å².